The highest BCUT2D eigenvalue weighted by Gasteiger charge is 2.67. The first-order chi connectivity index (χ1) is 11.3. The van der Waals surface area contributed by atoms with E-state index >= 15 is 0 Å². The van der Waals surface area contributed by atoms with Gasteiger partial charge in [0.15, 0.2) is 8.32 Å². The fourth-order valence-electron chi connectivity index (χ4n) is 5.24. The van der Waals surface area contributed by atoms with Crippen molar-refractivity contribution in [1.29, 1.82) is 0 Å². The summed E-state index contributed by atoms with van der Waals surface area (Å²) in [6.07, 6.45) is 7.81. The van der Waals surface area contributed by atoms with Gasteiger partial charge in [-0.3, -0.25) is 0 Å². The van der Waals surface area contributed by atoms with Gasteiger partial charge >= 0.3 is 0 Å². The predicted octanol–water partition coefficient (Wildman–Crippen LogP) is 4.81. The molecule has 2 aliphatic carbocycles. The quantitative estimate of drug-likeness (QED) is 0.577. The summed E-state index contributed by atoms with van der Waals surface area (Å²) in [5.41, 5.74) is 0.0984. The third-order valence-electron chi connectivity index (χ3n) is 8.07. The average Bonchev–Trinajstić information content (AvgIpc) is 3.20. The predicted molar refractivity (Wildman–Crippen MR) is 103 cm³/mol. The van der Waals surface area contributed by atoms with Crippen LogP contribution in [0.15, 0.2) is 11.6 Å². The molecule has 0 unspecified atom stereocenters. The maximum Gasteiger partial charge on any atom is 0.192 e. The van der Waals surface area contributed by atoms with Gasteiger partial charge in [-0.25, -0.2) is 0 Å². The molecule has 25 heavy (non-hydrogen) atoms. The van der Waals surface area contributed by atoms with E-state index < -0.39 is 13.9 Å². The molecule has 2 heterocycles. The molecule has 0 aromatic carbocycles. The molecule has 3 fully saturated rings. The van der Waals surface area contributed by atoms with E-state index in [1.54, 1.807) is 0 Å². The van der Waals surface area contributed by atoms with Crippen molar-refractivity contribution in [3.8, 4) is 0 Å². The van der Waals surface area contributed by atoms with E-state index in [0.29, 0.717) is 11.8 Å². The van der Waals surface area contributed by atoms with Gasteiger partial charge in [0.25, 0.3) is 0 Å². The molecule has 5 atom stereocenters. The van der Waals surface area contributed by atoms with Crippen molar-refractivity contribution >= 4 is 8.32 Å². The van der Waals surface area contributed by atoms with Crippen molar-refractivity contribution in [3.63, 3.8) is 0 Å². The fourth-order valence-corrected chi connectivity index (χ4v) is 6.62. The number of rotatable bonds is 3. The first-order valence-electron chi connectivity index (χ1n) is 10.1. The Balaban J connectivity index is 1.72. The number of hydrogen-bond donors (Lipinski definition) is 1. The van der Waals surface area contributed by atoms with Gasteiger partial charge in [-0.15, -0.1) is 0 Å². The molecule has 0 amide bonds. The monoisotopic (exact) mass is 364 g/mol. The second-order valence-corrected chi connectivity index (χ2v) is 15.8. The molecule has 0 radical (unpaired) electrons. The van der Waals surface area contributed by atoms with Gasteiger partial charge in [0.05, 0.1) is 22.9 Å². The molecular weight excluding hydrogens is 328 g/mol. The number of hydrogen-bond acceptors (Lipinski definition) is 3. The van der Waals surface area contributed by atoms with Crippen LogP contribution in [0.25, 0.3) is 0 Å². The van der Waals surface area contributed by atoms with Gasteiger partial charge in [-0.05, 0) is 69.2 Å². The second kappa shape index (κ2) is 5.01. The average molecular weight is 365 g/mol. The minimum Gasteiger partial charge on any atom is -0.411 e. The van der Waals surface area contributed by atoms with Crippen LogP contribution in [0.4, 0.5) is 0 Å². The summed E-state index contributed by atoms with van der Waals surface area (Å²) in [6.45, 7) is 15.9. The molecule has 3 nitrogen and oxygen atoms in total. The van der Waals surface area contributed by atoms with Crippen LogP contribution < -0.4 is 0 Å². The largest absolute Gasteiger partial charge is 0.411 e. The zero-order chi connectivity index (χ0) is 18.5. The molecule has 0 spiro atoms. The van der Waals surface area contributed by atoms with Gasteiger partial charge in [-0.1, -0.05) is 26.8 Å². The molecule has 4 heteroatoms. The smallest absolute Gasteiger partial charge is 0.192 e. The van der Waals surface area contributed by atoms with E-state index in [0.717, 1.165) is 19.3 Å². The summed E-state index contributed by atoms with van der Waals surface area (Å²) >= 11 is 0. The van der Waals surface area contributed by atoms with Gasteiger partial charge in [0, 0.05) is 12.3 Å². The molecule has 4 rings (SSSR count). The first-order valence-corrected chi connectivity index (χ1v) is 13.1. The standard InChI is InChI=1S/C21H36O3Si/c1-18(2,3)25(6,7)23-17-13-21(14-8-9-14)12-16-15(20(17,5)24-21)10-11-19(16,4)22/h12,14-15,17,22H,8-11,13H2,1-7H3/t15-,17-,19+,20+,21+/m1/s1. The third kappa shape index (κ3) is 2.54. The van der Waals surface area contributed by atoms with Crippen LogP contribution in [-0.4, -0.2) is 36.3 Å². The van der Waals surface area contributed by atoms with Gasteiger partial charge < -0.3 is 14.3 Å². The van der Waals surface area contributed by atoms with E-state index in [1.807, 2.05) is 6.92 Å². The SMILES string of the molecule is CC(C)(C)[Si](C)(C)O[C@@H]1C[C@]2(C3CC3)C=C3[C@@H](CC[C@]3(C)O)[C@]1(C)O2. The minimum absolute atomic E-state index is 0.140. The Bertz CT molecular complexity index is 613. The van der Waals surface area contributed by atoms with Crippen molar-refractivity contribution in [2.24, 2.45) is 11.8 Å². The van der Waals surface area contributed by atoms with Crippen LogP contribution in [0.1, 0.15) is 66.7 Å². The molecule has 2 saturated carbocycles. The zero-order valence-corrected chi connectivity index (χ0v) is 18.1. The maximum atomic E-state index is 11.0. The zero-order valence-electron chi connectivity index (χ0n) is 17.1. The Hall–Kier alpha value is -0.163. The molecule has 1 saturated heterocycles. The van der Waals surface area contributed by atoms with Crippen LogP contribution >= 0.6 is 0 Å². The summed E-state index contributed by atoms with van der Waals surface area (Å²) in [5, 5.41) is 11.2. The van der Waals surface area contributed by atoms with Crippen LogP contribution in [0.5, 0.6) is 0 Å². The molecule has 4 aliphatic rings. The van der Waals surface area contributed by atoms with Gasteiger partial charge in [0.2, 0.25) is 0 Å². The first kappa shape index (κ1) is 18.2. The molecule has 2 aliphatic heterocycles. The summed E-state index contributed by atoms with van der Waals surface area (Å²) in [4.78, 5) is 0. The second-order valence-electron chi connectivity index (χ2n) is 11.1. The van der Waals surface area contributed by atoms with Crippen LogP contribution in [0.3, 0.4) is 0 Å². The van der Waals surface area contributed by atoms with Crippen molar-refractivity contribution in [2.45, 2.75) is 108 Å². The third-order valence-corrected chi connectivity index (χ3v) is 12.6. The number of fused-ring (bicyclic) bond motifs is 4. The lowest BCUT2D eigenvalue weighted by atomic mass is 9.79. The van der Waals surface area contributed by atoms with E-state index in [9.17, 15) is 5.11 Å². The summed E-state index contributed by atoms with van der Waals surface area (Å²) in [7, 11) is -1.87. The lowest BCUT2D eigenvalue weighted by Crippen LogP contribution is -2.53. The van der Waals surface area contributed by atoms with Crippen molar-refractivity contribution < 1.29 is 14.3 Å². The summed E-state index contributed by atoms with van der Waals surface area (Å²) < 4.78 is 13.8. The topological polar surface area (TPSA) is 38.7 Å². The van der Waals surface area contributed by atoms with Gasteiger partial charge in [-0.2, -0.15) is 0 Å². The molecule has 1 N–H and O–H groups in total. The highest BCUT2D eigenvalue weighted by Crippen LogP contribution is 2.63. The molecule has 0 aromatic heterocycles. The van der Waals surface area contributed by atoms with Crippen molar-refractivity contribution in [3.05, 3.63) is 11.6 Å². The Morgan fingerprint density at radius 3 is 2.40 bits per heavy atom. The summed E-state index contributed by atoms with van der Waals surface area (Å²) in [6, 6.07) is 0. The summed E-state index contributed by atoms with van der Waals surface area (Å²) in [5.74, 6) is 0.913. The maximum absolute atomic E-state index is 11.0. The minimum atomic E-state index is -1.87. The number of ether oxygens (including phenoxy) is 1. The fraction of sp³-hybridized carbons (Fsp3) is 0.905. The number of aliphatic hydroxyl groups is 1. The Morgan fingerprint density at radius 1 is 1.20 bits per heavy atom. The molecule has 2 bridgehead atoms. The van der Waals surface area contributed by atoms with E-state index in [2.05, 4.69) is 46.9 Å². The van der Waals surface area contributed by atoms with Crippen molar-refractivity contribution in [1.82, 2.24) is 0 Å². The lowest BCUT2D eigenvalue weighted by molar-refractivity contribution is -0.136. The molecule has 0 aromatic rings. The molecular formula is C21H36O3Si. The van der Waals surface area contributed by atoms with Crippen molar-refractivity contribution in [2.75, 3.05) is 0 Å². The van der Waals surface area contributed by atoms with E-state index in [-0.39, 0.29) is 22.3 Å². The highest BCUT2D eigenvalue weighted by molar-refractivity contribution is 6.74. The lowest BCUT2D eigenvalue weighted by Gasteiger charge is -2.46. The van der Waals surface area contributed by atoms with Crippen LogP contribution in [0.2, 0.25) is 18.1 Å². The Labute approximate surface area is 154 Å². The normalized spacial score (nSPS) is 47.0. The van der Waals surface area contributed by atoms with E-state index in [4.69, 9.17) is 9.16 Å². The molecule has 142 valence electrons. The Kier molecular flexibility index (Phi) is 3.65. The van der Waals surface area contributed by atoms with E-state index in [1.165, 1.54) is 18.4 Å². The van der Waals surface area contributed by atoms with Gasteiger partial charge in [0.1, 0.15) is 0 Å². The highest BCUT2D eigenvalue weighted by atomic mass is 28.4. The Morgan fingerprint density at radius 2 is 1.84 bits per heavy atom. The van der Waals surface area contributed by atoms with Crippen LogP contribution in [0, 0.1) is 11.8 Å². The van der Waals surface area contributed by atoms with Crippen LogP contribution in [-0.2, 0) is 9.16 Å².